The summed E-state index contributed by atoms with van der Waals surface area (Å²) in [6.07, 6.45) is 0. The summed E-state index contributed by atoms with van der Waals surface area (Å²) in [5.41, 5.74) is 7.92. The quantitative estimate of drug-likeness (QED) is 0.796. The van der Waals surface area contributed by atoms with Gasteiger partial charge < -0.3 is 10.5 Å². The zero-order valence-electron chi connectivity index (χ0n) is 9.47. The van der Waals surface area contributed by atoms with Crippen molar-refractivity contribution in [3.8, 4) is 17.6 Å². The molecular weight excluding hydrogens is 212 g/mol. The number of nitrogens with two attached hydrogens (primary N) is 1. The Morgan fingerprint density at radius 3 is 2.65 bits per heavy atom. The smallest absolute Gasteiger partial charge is 0.150 e. The van der Waals surface area contributed by atoms with Crippen LogP contribution in [-0.2, 0) is 0 Å². The molecule has 0 radical (unpaired) electrons. The molecule has 3 nitrogen and oxygen atoms in total. The first-order chi connectivity index (χ1) is 8.19. The molecule has 0 spiro atoms. The van der Waals surface area contributed by atoms with Crippen LogP contribution in [0.1, 0.15) is 11.1 Å². The molecule has 84 valence electrons. The third-order valence-corrected chi connectivity index (χ3v) is 2.36. The molecule has 0 aromatic heterocycles. The molecule has 0 aliphatic rings. The van der Waals surface area contributed by atoms with Gasteiger partial charge in [-0.1, -0.05) is 12.1 Å². The number of rotatable bonds is 2. The Hall–Kier alpha value is -2.47. The molecule has 0 saturated heterocycles. The number of anilines is 1. The number of nitriles is 1. The van der Waals surface area contributed by atoms with E-state index in [1.165, 1.54) is 0 Å². The zero-order valence-corrected chi connectivity index (χ0v) is 9.47. The standard InChI is InChI=1S/C14H12N2O/c1-10-3-2-4-12(7-10)17-14-6-5-11(9-15)8-13(14)16/h2-8H,16H2,1H3. The molecule has 0 saturated carbocycles. The van der Waals surface area contributed by atoms with Gasteiger partial charge in [-0.15, -0.1) is 0 Å². The Morgan fingerprint density at radius 1 is 1.18 bits per heavy atom. The Kier molecular flexibility index (Phi) is 2.97. The van der Waals surface area contributed by atoms with Crippen molar-refractivity contribution >= 4 is 5.69 Å². The topological polar surface area (TPSA) is 59.0 Å². The normalized spacial score (nSPS) is 9.65. The van der Waals surface area contributed by atoms with Crippen molar-refractivity contribution in [1.82, 2.24) is 0 Å². The van der Waals surface area contributed by atoms with E-state index in [1.807, 2.05) is 37.3 Å². The average Bonchev–Trinajstić information content (AvgIpc) is 2.32. The van der Waals surface area contributed by atoms with Gasteiger partial charge in [0.15, 0.2) is 0 Å². The van der Waals surface area contributed by atoms with E-state index in [0.717, 1.165) is 11.3 Å². The van der Waals surface area contributed by atoms with E-state index >= 15 is 0 Å². The SMILES string of the molecule is Cc1cccc(Oc2ccc(C#N)cc2N)c1. The lowest BCUT2D eigenvalue weighted by Crippen LogP contribution is -1.93. The lowest BCUT2D eigenvalue weighted by Gasteiger charge is -2.08. The molecule has 0 heterocycles. The van der Waals surface area contributed by atoms with Crippen molar-refractivity contribution in [2.75, 3.05) is 5.73 Å². The second-order valence-corrected chi connectivity index (χ2v) is 3.78. The van der Waals surface area contributed by atoms with Gasteiger partial charge in [0.2, 0.25) is 0 Å². The van der Waals surface area contributed by atoms with Crippen LogP contribution in [0.4, 0.5) is 5.69 Å². The van der Waals surface area contributed by atoms with Crippen LogP contribution >= 0.6 is 0 Å². The highest BCUT2D eigenvalue weighted by Crippen LogP contribution is 2.28. The highest BCUT2D eigenvalue weighted by Gasteiger charge is 2.03. The van der Waals surface area contributed by atoms with Gasteiger partial charge >= 0.3 is 0 Å². The third kappa shape index (κ3) is 2.56. The first-order valence-corrected chi connectivity index (χ1v) is 5.23. The Morgan fingerprint density at radius 2 is 2.00 bits per heavy atom. The summed E-state index contributed by atoms with van der Waals surface area (Å²) in [4.78, 5) is 0. The first-order valence-electron chi connectivity index (χ1n) is 5.23. The maximum Gasteiger partial charge on any atom is 0.150 e. The summed E-state index contributed by atoms with van der Waals surface area (Å²) in [5.74, 6) is 1.30. The number of nitrogens with zero attached hydrogens (tertiary/aromatic N) is 1. The predicted molar refractivity (Wildman–Crippen MR) is 66.8 cm³/mol. The number of aryl methyl sites for hydroxylation is 1. The van der Waals surface area contributed by atoms with Crippen LogP contribution in [0, 0.1) is 18.3 Å². The molecule has 2 rings (SSSR count). The number of nitrogen functional groups attached to an aromatic ring is 1. The van der Waals surface area contributed by atoms with Crippen LogP contribution in [0.5, 0.6) is 11.5 Å². The third-order valence-electron chi connectivity index (χ3n) is 2.36. The van der Waals surface area contributed by atoms with Gasteiger partial charge in [0.05, 0.1) is 17.3 Å². The molecule has 0 aliphatic heterocycles. The van der Waals surface area contributed by atoms with Crippen molar-refractivity contribution in [2.45, 2.75) is 6.92 Å². The fraction of sp³-hybridized carbons (Fsp3) is 0.0714. The first kappa shape index (κ1) is 11.0. The van der Waals surface area contributed by atoms with E-state index in [4.69, 9.17) is 15.7 Å². The van der Waals surface area contributed by atoms with Gasteiger partial charge in [-0.3, -0.25) is 0 Å². The lowest BCUT2D eigenvalue weighted by atomic mass is 10.2. The van der Waals surface area contributed by atoms with Crippen molar-refractivity contribution in [3.63, 3.8) is 0 Å². The molecular formula is C14H12N2O. The van der Waals surface area contributed by atoms with Crippen LogP contribution in [-0.4, -0.2) is 0 Å². The van der Waals surface area contributed by atoms with E-state index < -0.39 is 0 Å². The molecule has 0 unspecified atom stereocenters. The maximum absolute atomic E-state index is 8.73. The minimum absolute atomic E-state index is 0.463. The summed E-state index contributed by atoms with van der Waals surface area (Å²) in [6, 6.07) is 14.7. The molecule has 2 N–H and O–H groups in total. The van der Waals surface area contributed by atoms with E-state index in [9.17, 15) is 0 Å². The molecule has 2 aromatic carbocycles. The van der Waals surface area contributed by atoms with Gasteiger partial charge in [-0.25, -0.2) is 0 Å². The second kappa shape index (κ2) is 4.58. The fourth-order valence-corrected chi connectivity index (χ4v) is 1.52. The average molecular weight is 224 g/mol. The van der Waals surface area contributed by atoms with E-state index in [-0.39, 0.29) is 0 Å². The van der Waals surface area contributed by atoms with Gasteiger partial charge in [-0.2, -0.15) is 5.26 Å². The molecule has 0 fully saturated rings. The Labute approximate surface area is 100 Å². The summed E-state index contributed by atoms with van der Waals surface area (Å²) in [7, 11) is 0. The van der Waals surface area contributed by atoms with Crippen LogP contribution < -0.4 is 10.5 Å². The highest BCUT2D eigenvalue weighted by atomic mass is 16.5. The fourth-order valence-electron chi connectivity index (χ4n) is 1.52. The largest absolute Gasteiger partial charge is 0.455 e. The summed E-state index contributed by atoms with van der Waals surface area (Å²) in [5, 5.41) is 8.73. The lowest BCUT2D eigenvalue weighted by molar-refractivity contribution is 0.484. The molecule has 3 heteroatoms. The van der Waals surface area contributed by atoms with Crippen LogP contribution in [0.2, 0.25) is 0 Å². The van der Waals surface area contributed by atoms with Gasteiger partial charge in [0.25, 0.3) is 0 Å². The molecule has 2 aromatic rings. The molecule has 0 aliphatic carbocycles. The number of hydrogen-bond acceptors (Lipinski definition) is 3. The number of ether oxygens (including phenoxy) is 1. The molecule has 0 atom stereocenters. The minimum atomic E-state index is 0.463. The molecule has 0 bridgehead atoms. The summed E-state index contributed by atoms with van der Waals surface area (Å²) < 4.78 is 5.66. The zero-order chi connectivity index (χ0) is 12.3. The second-order valence-electron chi connectivity index (χ2n) is 3.78. The number of hydrogen-bond donors (Lipinski definition) is 1. The Bertz CT molecular complexity index is 585. The van der Waals surface area contributed by atoms with Crippen LogP contribution in [0.25, 0.3) is 0 Å². The maximum atomic E-state index is 8.73. The van der Waals surface area contributed by atoms with Crippen LogP contribution in [0.3, 0.4) is 0 Å². The van der Waals surface area contributed by atoms with Crippen molar-refractivity contribution in [1.29, 1.82) is 5.26 Å². The summed E-state index contributed by atoms with van der Waals surface area (Å²) in [6.45, 7) is 2.00. The van der Waals surface area contributed by atoms with E-state index in [1.54, 1.807) is 18.2 Å². The Balaban J connectivity index is 2.28. The van der Waals surface area contributed by atoms with Crippen molar-refractivity contribution in [3.05, 3.63) is 53.6 Å². The van der Waals surface area contributed by atoms with Gasteiger partial charge in [0.1, 0.15) is 11.5 Å². The predicted octanol–water partition coefficient (Wildman–Crippen LogP) is 3.24. The van der Waals surface area contributed by atoms with Crippen molar-refractivity contribution in [2.24, 2.45) is 0 Å². The summed E-state index contributed by atoms with van der Waals surface area (Å²) >= 11 is 0. The molecule has 17 heavy (non-hydrogen) atoms. The molecule has 0 amide bonds. The number of benzene rings is 2. The van der Waals surface area contributed by atoms with Crippen LogP contribution in [0.15, 0.2) is 42.5 Å². The highest BCUT2D eigenvalue weighted by molar-refractivity contribution is 5.57. The monoisotopic (exact) mass is 224 g/mol. The van der Waals surface area contributed by atoms with Gasteiger partial charge in [0, 0.05) is 0 Å². The minimum Gasteiger partial charge on any atom is -0.455 e. The van der Waals surface area contributed by atoms with Crippen molar-refractivity contribution < 1.29 is 4.74 Å². The van der Waals surface area contributed by atoms with E-state index in [2.05, 4.69) is 0 Å². The van der Waals surface area contributed by atoms with E-state index in [0.29, 0.717) is 17.0 Å². The van der Waals surface area contributed by atoms with Gasteiger partial charge in [-0.05, 0) is 42.8 Å².